The fourth-order valence-corrected chi connectivity index (χ4v) is 17.0. The molecule has 2 heterocycles. The quantitative estimate of drug-likeness (QED) is 0.272. The molecular formula is C28H48O8Si2. The Hall–Kier alpha value is -1.12. The summed E-state index contributed by atoms with van der Waals surface area (Å²) >= 11 is 0. The summed E-state index contributed by atoms with van der Waals surface area (Å²) in [6, 6.07) is 9.85. The van der Waals surface area contributed by atoms with Crippen LogP contribution in [0.25, 0.3) is 0 Å². The highest BCUT2D eigenvalue weighted by atomic mass is 28.5. The van der Waals surface area contributed by atoms with Crippen LogP contribution >= 0.6 is 0 Å². The largest absolute Gasteiger partial charge is 0.457 e. The first kappa shape index (κ1) is 31.4. The van der Waals surface area contributed by atoms with Gasteiger partial charge >= 0.3 is 23.1 Å². The van der Waals surface area contributed by atoms with E-state index in [1.165, 1.54) is 6.92 Å². The Bertz CT molecular complexity index is 878. The van der Waals surface area contributed by atoms with Gasteiger partial charge < -0.3 is 31.9 Å². The molecule has 0 spiro atoms. The molecule has 2 fully saturated rings. The zero-order chi connectivity index (χ0) is 28.3. The van der Waals surface area contributed by atoms with Crippen molar-refractivity contribution in [2.45, 2.75) is 122 Å². The van der Waals surface area contributed by atoms with Crippen LogP contribution in [0.5, 0.6) is 0 Å². The van der Waals surface area contributed by atoms with Crippen molar-refractivity contribution in [2.24, 2.45) is 0 Å². The van der Waals surface area contributed by atoms with Crippen LogP contribution in [0.2, 0.25) is 22.2 Å². The van der Waals surface area contributed by atoms with Crippen LogP contribution in [0.1, 0.15) is 67.9 Å². The summed E-state index contributed by atoms with van der Waals surface area (Å²) < 4.78 is 45.9. The summed E-state index contributed by atoms with van der Waals surface area (Å²) in [4.78, 5) is 12.4. The van der Waals surface area contributed by atoms with Gasteiger partial charge in [0.05, 0.1) is 13.2 Å². The first-order valence-corrected chi connectivity index (χ1v) is 17.8. The van der Waals surface area contributed by atoms with Gasteiger partial charge in [-0.25, -0.2) is 0 Å². The molecule has 0 saturated carbocycles. The molecular weight excluding hydrogens is 520 g/mol. The summed E-state index contributed by atoms with van der Waals surface area (Å²) in [5.41, 5.74) is 1.65. The third-order valence-electron chi connectivity index (χ3n) is 7.74. The van der Waals surface area contributed by atoms with E-state index in [0.29, 0.717) is 6.61 Å². The van der Waals surface area contributed by atoms with Gasteiger partial charge in [-0.05, 0) is 27.7 Å². The molecule has 0 aliphatic carbocycles. The van der Waals surface area contributed by atoms with Gasteiger partial charge in [-0.3, -0.25) is 4.79 Å². The van der Waals surface area contributed by atoms with E-state index in [9.17, 15) is 4.79 Å². The molecule has 0 bridgehead atoms. The highest BCUT2D eigenvalue weighted by molar-refractivity contribution is 6.84. The van der Waals surface area contributed by atoms with Gasteiger partial charge in [0, 0.05) is 14.0 Å². The van der Waals surface area contributed by atoms with E-state index >= 15 is 0 Å². The number of fused-ring (bicyclic) bond motifs is 1. The first-order valence-electron chi connectivity index (χ1n) is 13.9. The Morgan fingerprint density at radius 2 is 1.50 bits per heavy atom. The van der Waals surface area contributed by atoms with Crippen LogP contribution < -0.4 is 0 Å². The molecule has 38 heavy (non-hydrogen) atoms. The van der Waals surface area contributed by atoms with E-state index in [2.05, 4.69) is 55.4 Å². The lowest BCUT2D eigenvalue weighted by Gasteiger charge is -2.55. The van der Waals surface area contributed by atoms with Crippen molar-refractivity contribution < 1.29 is 36.7 Å². The number of rotatable bonds is 9. The van der Waals surface area contributed by atoms with E-state index in [-0.39, 0.29) is 28.8 Å². The maximum absolute atomic E-state index is 12.4. The summed E-state index contributed by atoms with van der Waals surface area (Å²) in [5.74, 6) is -0.416. The third-order valence-corrected chi connectivity index (χ3v) is 18.0. The van der Waals surface area contributed by atoms with Gasteiger partial charge in [-0.1, -0.05) is 85.7 Å². The van der Waals surface area contributed by atoms with Crippen molar-refractivity contribution in [1.82, 2.24) is 0 Å². The molecule has 0 aromatic heterocycles. The summed E-state index contributed by atoms with van der Waals surface area (Å²) in [7, 11) is -4.13. The average molecular weight is 569 g/mol. The van der Waals surface area contributed by atoms with E-state index < -0.39 is 53.8 Å². The molecule has 1 aromatic rings. The minimum absolute atomic E-state index is 0.121. The van der Waals surface area contributed by atoms with Crippen LogP contribution in [0.3, 0.4) is 0 Å². The maximum Gasteiger partial charge on any atom is 0.335 e. The van der Waals surface area contributed by atoms with Gasteiger partial charge in [0.1, 0.15) is 18.3 Å². The van der Waals surface area contributed by atoms with Crippen molar-refractivity contribution in [1.29, 1.82) is 0 Å². The Morgan fingerprint density at radius 3 is 2.00 bits per heavy atom. The van der Waals surface area contributed by atoms with Gasteiger partial charge in [0.25, 0.3) is 0 Å². The van der Waals surface area contributed by atoms with Crippen molar-refractivity contribution in [3.05, 3.63) is 35.9 Å². The second-order valence-corrected chi connectivity index (χ2v) is 20.5. The predicted octanol–water partition coefficient (Wildman–Crippen LogP) is 5.83. The summed E-state index contributed by atoms with van der Waals surface area (Å²) in [6.45, 7) is 19.3. The van der Waals surface area contributed by atoms with Gasteiger partial charge in [-0.15, -0.1) is 0 Å². The number of methoxy groups -OCH3 is 1. The Kier molecular flexibility index (Phi) is 10.8. The van der Waals surface area contributed by atoms with E-state index in [0.717, 1.165) is 5.56 Å². The molecule has 0 amide bonds. The van der Waals surface area contributed by atoms with E-state index in [4.69, 9.17) is 31.9 Å². The van der Waals surface area contributed by atoms with Crippen LogP contribution in [-0.2, 0) is 43.3 Å². The fraction of sp³-hybridized carbons (Fsp3) is 0.750. The topological polar surface area (TPSA) is 81.7 Å². The number of carbonyl (C=O) groups excluding carboxylic acids is 1. The van der Waals surface area contributed by atoms with Gasteiger partial charge in [-0.2, -0.15) is 0 Å². The minimum Gasteiger partial charge on any atom is -0.457 e. The molecule has 0 unspecified atom stereocenters. The summed E-state index contributed by atoms with van der Waals surface area (Å²) in [6.07, 6.45) is -3.37. The molecule has 216 valence electrons. The predicted molar refractivity (Wildman–Crippen MR) is 150 cm³/mol. The van der Waals surface area contributed by atoms with Crippen molar-refractivity contribution in [2.75, 3.05) is 13.7 Å². The molecule has 10 heteroatoms. The second kappa shape index (κ2) is 13.0. The number of carbonyl (C=O) groups is 1. The van der Waals surface area contributed by atoms with Crippen LogP contribution in [0.4, 0.5) is 0 Å². The molecule has 1 aromatic carbocycles. The SMILES string of the molecule is CO[C@H]1O[C@@H]2CO[Si](C(C)C)(C(C)C)O[Si](C(C)C)(C(C)C)O[C@H]2[C@H](OC(C)=O)[C@H]1OCc1ccccc1. The highest BCUT2D eigenvalue weighted by Gasteiger charge is 2.62. The zero-order valence-electron chi connectivity index (χ0n) is 24.8. The fourth-order valence-electron chi connectivity index (χ4n) is 5.75. The first-order chi connectivity index (χ1) is 17.9. The molecule has 2 aliphatic rings. The zero-order valence-corrected chi connectivity index (χ0v) is 26.8. The normalized spacial score (nSPS) is 29.3. The molecule has 2 saturated heterocycles. The number of benzene rings is 1. The second-order valence-electron chi connectivity index (χ2n) is 11.7. The molecule has 3 rings (SSSR count). The molecule has 2 aliphatic heterocycles. The van der Waals surface area contributed by atoms with Crippen molar-refractivity contribution >= 4 is 23.1 Å². The monoisotopic (exact) mass is 568 g/mol. The maximum atomic E-state index is 12.4. The highest BCUT2D eigenvalue weighted by Crippen LogP contribution is 2.47. The van der Waals surface area contributed by atoms with Crippen LogP contribution in [0, 0.1) is 0 Å². The van der Waals surface area contributed by atoms with Crippen LogP contribution in [0.15, 0.2) is 30.3 Å². The molecule has 0 radical (unpaired) electrons. The van der Waals surface area contributed by atoms with Gasteiger partial charge in [0.15, 0.2) is 12.4 Å². The number of ether oxygens (including phenoxy) is 4. The van der Waals surface area contributed by atoms with Gasteiger partial charge in [0.2, 0.25) is 0 Å². The lowest BCUT2D eigenvalue weighted by Crippen LogP contribution is -2.70. The molecule has 5 atom stereocenters. The van der Waals surface area contributed by atoms with E-state index in [1.54, 1.807) is 7.11 Å². The third kappa shape index (κ3) is 6.44. The summed E-state index contributed by atoms with van der Waals surface area (Å²) in [5, 5.41) is 0. The number of hydrogen-bond donors (Lipinski definition) is 0. The lowest BCUT2D eigenvalue weighted by atomic mass is 9.98. The van der Waals surface area contributed by atoms with Crippen LogP contribution in [-0.4, -0.2) is 67.5 Å². The smallest absolute Gasteiger partial charge is 0.335 e. The van der Waals surface area contributed by atoms with E-state index in [1.807, 2.05) is 30.3 Å². The van der Waals surface area contributed by atoms with Crippen molar-refractivity contribution in [3.8, 4) is 0 Å². The molecule has 0 N–H and O–H groups in total. The van der Waals surface area contributed by atoms with Crippen molar-refractivity contribution in [3.63, 3.8) is 0 Å². The standard InChI is InChI=1S/C28H48O8Si2/c1-18(2)37(19(3)4)32-17-24-25(35-38(36-37,20(5)6)21(7)8)26(33-22(9)29)27(28(30-10)34-24)31-16-23-14-12-11-13-15-23/h11-15,18-21,24-28H,16-17H2,1-10H3/t24-,25-,26+,27-,28+/m1/s1. The lowest BCUT2D eigenvalue weighted by molar-refractivity contribution is -0.307. The average Bonchev–Trinajstić information content (AvgIpc) is 2.84. The Balaban J connectivity index is 2.07. The molecule has 8 nitrogen and oxygen atoms in total. The number of hydrogen-bond acceptors (Lipinski definition) is 8. The Morgan fingerprint density at radius 1 is 0.921 bits per heavy atom. The number of esters is 1. The minimum atomic E-state index is -2.96. The Labute approximate surface area is 231 Å².